The Hall–Kier alpha value is -6.82. The first-order valence-corrected chi connectivity index (χ1v) is 15.1. The van der Waals surface area contributed by atoms with E-state index in [0.717, 1.165) is 25.3 Å². The zero-order valence-electron chi connectivity index (χ0n) is 27.0. The molecule has 0 unspecified atom stereocenters. The van der Waals surface area contributed by atoms with Crippen molar-refractivity contribution in [3.8, 4) is 23.0 Å². The fourth-order valence-corrected chi connectivity index (χ4v) is 4.82. The first-order chi connectivity index (χ1) is 24.2. The van der Waals surface area contributed by atoms with Gasteiger partial charge in [0, 0.05) is 11.4 Å². The van der Waals surface area contributed by atoms with Crippen LogP contribution in [0.4, 0.5) is 11.4 Å². The second-order valence-electron chi connectivity index (χ2n) is 10.8. The minimum absolute atomic E-state index is 0.0248. The molecular formula is C38H32N2O10. The number of methoxy groups -OCH3 is 2. The second-order valence-corrected chi connectivity index (χ2v) is 10.8. The normalized spacial score (nSPS) is 10.4. The Morgan fingerprint density at radius 3 is 1.38 bits per heavy atom. The molecule has 0 saturated heterocycles. The summed E-state index contributed by atoms with van der Waals surface area (Å²) in [6.07, 6.45) is 0. The van der Waals surface area contributed by atoms with E-state index in [1.807, 2.05) is 60.7 Å². The molecular weight excluding hydrogens is 644 g/mol. The van der Waals surface area contributed by atoms with Crippen LogP contribution in [0.15, 0.2) is 109 Å². The molecule has 0 aliphatic heterocycles. The van der Waals surface area contributed by atoms with Crippen molar-refractivity contribution >= 4 is 35.1 Å². The fourth-order valence-electron chi connectivity index (χ4n) is 4.82. The molecule has 0 saturated carbocycles. The molecule has 0 aliphatic carbocycles. The monoisotopic (exact) mass is 676 g/mol. The van der Waals surface area contributed by atoms with Crippen LogP contribution in [-0.4, -0.2) is 48.2 Å². The van der Waals surface area contributed by atoms with Crippen molar-refractivity contribution in [3.05, 3.63) is 143 Å². The number of hydrogen-bond donors (Lipinski definition) is 4. The first kappa shape index (κ1) is 34.5. The van der Waals surface area contributed by atoms with E-state index in [9.17, 15) is 29.4 Å². The number of amides is 2. The van der Waals surface area contributed by atoms with Gasteiger partial charge in [-0.2, -0.15) is 0 Å². The number of benzene rings is 5. The Labute approximate surface area is 286 Å². The van der Waals surface area contributed by atoms with E-state index in [0.29, 0.717) is 0 Å². The van der Waals surface area contributed by atoms with Gasteiger partial charge in [-0.25, -0.2) is 9.59 Å². The van der Waals surface area contributed by atoms with E-state index >= 15 is 0 Å². The Balaban J connectivity index is 1.58. The summed E-state index contributed by atoms with van der Waals surface area (Å²) in [6, 6.07) is 28.9. The number of anilines is 2. The Kier molecular flexibility index (Phi) is 10.9. The smallest absolute Gasteiger partial charge is 0.341 e. The van der Waals surface area contributed by atoms with Crippen LogP contribution in [-0.2, 0) is 22.7 Å². The molecule has 12 heteroatoms. The second kappa shape index (κ2) is 15.8. The van der Waals surface area contributed by atoms with Crippen LogP contribution in [0.25, 0.3) is 0 Å². The zero-order valence-corrected chi connectivity index (χ0v) is 27.0. The van der Waals surface area contributed by atoms with E-state index in [1.54, 1.807) is 0 Å². The van der Waals surface area contributed by atoms with Gasteiger partial charge in [-0.3, -0.25) is 9.59 Å². The van der Waals surface area contributed by atoms with Crippen molar-refractivity contribution in [2.75, 3.05) is 24.9 Å². The van der Waals surface area contributed by atoms with Gasteiger partial charge in [0.25, 0.3) is 11.8 Å². The molecule has 0 bridgehead atoms. The molecule has 12 nitrogen and oxygen atoms in total. The summed E-state index contributed by atoms with van der Waals surface area (Å²) in [7, 11) is 2.32. The van der Waals surface area contributed by atoms with Gasteiger partial charge in [-0.1, -0.05) is 60.7 Å². The van der Waals surface area contributed by atoms with E-state index in [2.05, 4.69) is 10.6 Å². The van der Waals surface area contributed by atoms with Crippen LogP contribution < -0.4 is 20.1 Å². The van der Waals surface area contributed by atoms with Gasteiger partial charge in [0.1, 0.15) is 47.3 Å². The van der Waals surface area contributed by atoms with Gasteiger partial charge < -0.3 is 39.8 Å². The van der Waals surface area contributed by atoms with E-state index < -0.39 is 23.8 Å². The van der Waals surface area contributed by atoms with E-state index in [4.69, 9.17) is 18.9 Å². The lowest BCUT2D eigenvalue weighted by Crippen LogP contribution is -2.19. The van der Waals surface area contributed by atoms with Crippen LogP contribution in [0, 0.1) is 0 Å². The standard InChI is InChI=1S/C38H32N2O10/c1-47-37(45)28-17-25(13-15-32(28)41)39-35(43)30-19-27(49-21-23-9-5-3-6-10-23)20-31(34(30)50-22-24-11-7-4-8-12-24)36(44)40-26-14-16-33(42)29(18-26)38(46)48-2/h3-20,41-42H,21-22H2,1-2H3,(H,39,43)(H,40,44). The number of carbonyl (C=O) groups is 4. The lowest BCUT2D eigenvalue weighted by atomic mass is 10.0. The van der Waals surface area contributed by atoms with Crippen molar-refractivity contribution in [1.82, 2.24) is 0 Å². The summed E-state index contributed by atoms with van der Waals surface area (Å²) < 4.78 is 21.7. The Morgan fingerprint density at radius 2 is 0.960 bits per heavy atom. The maximum absolute atomic E-state index is 14.0. The molecule has 0 aromatic heterocycles. The largest absolute Gasteiger partial charge is 0.507 e. The highest BCUT2D eigenvalue weighted by Crippen LogP contribution is 2.34. The predicted octanol–water partition coefficient (Wildman–Crippen LogP) is 6.33. The highest BCUT2D eigenvalue weighted by atomic mass is 16.5. The summed E-state index contributed by atoms with van der Waals surface area (Å²) in [6.45, 7) is 0.0805. The highest BCUT2D eigenvalue weighted by Gasteiger charge is 2.25. The molecule has 0 aliphatic rings. The molecule has 0 fully saturated rings. The minimum atomic E-state index is -0.815. The highest BCUT2D eigenvalue weighted by molar-refractivity contribution is 6.13. The number of hydrogen-bond acceptors (Lipinski definition) is 10. The van der Waals surface area contributed by atoms with Crippen molar-refractivity contribution < 1.29 is 48.3 Å². The molecule has 254 valence electrons. The lowest BCUT2D eigenvalue weighted by molar-refractivity contribution is 0.0588. The third-order valence-corrected chi connectivity index (χ3v) is 7.35. The zero-order chi connectivity index (χ0) is 35.6. The van der Waals surface area contributed by atoms with E-state index in [1.165, 1.54) is 48.5 Å². The van der Waals surface area contributed by atoms with Crippen LogP contribution in [0.1, 0.15) is 52.6 Å². The molecule has 0 heterocycles. The van der Waals surface area contributed by atoms with E-state index in [-0.39, 0.29) is 69.8 Å². The number of esters is 2. The topological polar surface area (TPSA) is 170 Å². The van der Waals surface area contributed by atoms with Crippen LogP contribution in [0.3, 0.4) is 0 Å². The number of aromatic hydroxyl groups is 2. The Bertz CT molecular complexity index is 1930. The van der Waals surface area contributed by atoms with Crippen LogP contribution >= 0.6 is 0 Å². The number of phenolic OH excluding ortho intramolecular Hbond substituents is 2. The summed E-state index contributed by atoms with van der Waals surface area (Å²) >= 11 is 0. The third-order valence-electron chi connectivity index (χ3n) is 7.35. The minimum Gasteiger partial charge on any atom is -0.507 e. The van der Waals surface area contributed by atoms with Gasteiger partial charge in [0.05, 0.1) is 25.3 Å². The lowest BCUT2D eigenvalue weighted by Gasteiger charge is -2.19. The van der Waals surface area contributed by atoms with Gasteiger partial charge in [0.15, 0.2) is 0 Å². The summed E-state index contributed by atoms with van der Waals surface area (Å²) in [5, 5.41) is 25.7. The first-order valence-electron chi connectivity index (χ1n) is 15.1. The number of phenols is 2. The maximum Gasteiger partial charge on any atom is 0.341 e. The number of rotatable bonds is 12. The maximum atomic E-state index is 14.0. The average Bonchev–Trinajstić information content (AvgIpc) is 3.14. The number of nitrogens with one attached hydrogen (secondary N) is 2. The van der Waals surface area contributed by atoms with Gasteiger partial charge in [0.2, 0.25) is 0 Å². The van der Waals surface area contributed by atoms with Crippen molar-refractivity contribution in [2.45, 2.75) is 13.2 Å². The summed E-state index contributed by atoms with van der Waals surface area (Å²) in [5.74, 6) is -3.73. The van der Waals surface area contributed by atoms with Crippen molar-refractivity contribution in [3.63, 3.8) is 0 Å². The molecule has 5 aromatic carbocycles. The van der Waals surface area contributed by atoms with Gasteiger partial charge >= 0.3 is 11.9 Å². The SMILES string of the molecule is COC(=O)c1cc(NC(=O)c2cc(OCc3ccccc3)cc(C(=O)Nc3ccc(O)c(C(=O)OC)c3)c2OCc2ccccc2)ccc1O. The molecule has 0 spiro atoms. The quantitative estimate of drug-likeness (QED) is 0.0865. The molecule has 2 amide bonds. The summed E-state index contributed by atoms with van der Waals surface area (Å²) in [4.78, 5) is 52.4. The molecule has 0 radical (unpaired) electrons. The molecule has 5 rings (SSSR count). The predicted molar refractivity (Wildman–Crippen MR) is 183 cm³/mol. The Morgan fingerprint density at radius 1 is 0.540 bits per heavy atom. The summed E-state index contributed by atoms with van der Waals surface area (Å²) in [5.41, 5.74) is 1.32. The average molecular weight is 677 g/mol. The number of carbonyl (C=O) groups excluding carboxylic acids is 4. The molecule has 5 aromatic rings. The van der Waals surface area contributed by atoms with Crippen molar-refractivity contribution in [2.24, 2.45) is 0 Å². The number of ether oxygens (including phenoxy) is 4. The molecule has 50 heavy (non-hydrogen) atoms. The van der Waals surface area contributed by atoms with Crippen molar-refractivity contribution in [1.29, 1.82) is 0 Å². The van der Waals surface area contributed by atoms with Gasteiger partial charge in [-0.15, -0.1) is 0 Å². The van der Waals surface area contributed by atoms with Gasteiger partial charge in [-0.05, 0) is 59.7 Å². The van der Waals surface area contributed by atoms with Crippen LogP contribution in [0.5, 0.6) is 23.0 Å². The van der Waals surface area contributed by atoms with Crippen LogP contribution in [0.2, 0.25) is 0 Å². The molecule has 0 atom stereocenters. The molecule has 4 N–H and O–H groups in total. The third kappa shape index (κ3) is 8.36. The fraction of sp³-hybridized carbons (Fsp3) is 0.105.